The maximum Gasteiger partial charge on any atom is 0.309 e. The molecule has 0 atom stereocenters. The summed E-state index contributed by atoms with van der Waals surface area (Å²) in [6, 6.07) is 0. The second kappa shape index (κ2) is 5.85. The summed E-state index contributed by atoms with van der Waals surface area (Å²) in [5.74, 6) is 0.549. The van der Waals surface area contributed by atoms with Crippen LogP contribution < -0.4 is 0 Å². The van der Waals surface area contributed by atoms with Crippen molar-refractivity contribution in [1.29, 1.82) is 0 Å². The van der Waals surface area contributed by atoms with Gasteiger partial charge >= 0.3 is 5.97 Å². The summed E-state index contributed by atoms with van der Waals surface area (Å²) in [6.07, 6.45) is 1.88. The molecule has 1 rings (SSSR count). The summed E-state index contributed by atoms with van der Waals surface area (Å²) in [4.78, 5) is 14.3. The van der Waals surface area contributed by atoms with Gasteiger partial charge in [0.05, 0.1) is 12.5 Å². The normalized spacial score (nSPS) is 19.6. The van der Waals surface area contributed by atoms with Crippen LogP contribution in [0.3, 0.4) is 0 Å². The Hall–Kier alpha value is -0.570. The third-order valence-electron chi connectivity index (χ3n) is 3.34. The summed E-state index contributed by atoms with van der Waals surface area (Å²) < 4.78 is 5.31. The summed E-state index contributed by atoms with van der Waals surface area (Å²) in [7, 11) is 0. The van der Waals surface area contributed by atoms with Gasteiger partial charge < -0.3 is 4.74 Å². The van der Waals surface area contributed by atoms with Gasteiger partial charge in [0.15, 0.2) is 0 Å². The molecule has 100 valence electrons. The Balaban J connectivity index is 2.34. The van der Waals surface area contributed by atoms with E-state index in [1.54, 1.807) is 0 Å². The number of hydrogen-bond acceptors (Lipinski definition) is 3. The number of likely N-dealkylation sites (tertiary alicyclic amines) is 1. The van der Waals surface area contributed by atoms with Crippen LogP contribution in [0.2, 0.25) is 0 Å². The fourth-order valence-electron chi connectivity index (χ4n) is 2.15. The first-order valence-corrected chi connectivity index (χ1v) is 6.72. The van der Waals surface area contributed by atoms with Crippen molar-refractivity contribution in [3.05, 3.63) is 0 Å². The molecule has 0 saturated carbocycles. The molecule has 1 fully saturated rings. The minimum absolute atomic E-state index is 0.00672. The van der Waals surface area contributed by atoms with Crippen LogP contribution >= 0.6 is 0 Å². The first-order valence-electron chi connectivity index (χ1n) is 6.72. The largest absolute Gasteiger partial charge is 0.465 e. The number of piperidine rings is 1. The van der Waals surface area contributed by atoms with Crippen molar-refractivity contribution >= 4 is 5.97 Å². The third-order valence-corrected chi connectivity index (χ3v) is 3.34. The number of carbonyl (C=O) groups excluding carboxylic acids is 1. The number of esters is 1. The monoisotopic (exact) mass is 241 g/mol. The van der Waals surface area contributed by atoms with Gasteiger partial charge in [-0.05, 0) is 52.6 Å². The molecule has 1 aliphatic heterocycles. The van der Waals surface area contributed by atoms with E-state index in [4.69, 9.17) is 4.74 Å². The molecule has 17 heavy (non-hydrogen) atoms. The molecule has 0 aromatic carbocycles. The molecular formula is C14H27NO2. The number of rotatable bonds is 3. The molecule has 1 aliphatic rings. The molecule has 0 radical (unpaired) electrons. The van der Waals surface area contributed by atoms with E-state index in [0.717, 1.165) is 25.9 Å². The standard InChI is InChI=1S/C14H27NO2/c1-11(2)10-17-13(16)12-6-8-15(9-7-12)14(3,4)5/h11-12H,6-10H2,1-5H3. The highest BCUT2D eigenvalue weighted by Gasteiger charge is 2.30. The zero-order valence-corrected chi connectivity index (χ0v) is 12.0. The Morgan fingerprint density at radius 2 is 1.82 bits per heavy atom. The highest BCUT2D eigenvalue weighted by Crippen LogP contribution is 2.24. The Labute approximate surface area is 106 Å². The van der Waals surface area contributed by atoms with Gasteiger partial charge in [-0.2, -0.15) is 0 Å². The first-order chi connectivity index (χ1) is 7.80. The van der Waals surface area contributed by atoms with E-state index in [9.17, 15) is 4.79 Å². The first kappa shape index (κ1) is 14.5. The lowest BCUT2D eigenvalue weighted by atomic mass is 9.93. The van der Waals surface area contributed by atoms with Crippen LogP contribution in [0.4, 0.5) is 0 Å². The topological polar surface area (TPSA) is 29.5 Å². The number of nitrogens with zero attached hydrogens (tertiary/aromatic N) is 1. The van der Waals surface area contributed by atoms with Crippen LogP contribution in [0.15, 0.2) is 0 Å². The van der Waals surface area contributed by atoms with Gasteiger partial charge in [0.1, 0.15) is 0 Å². The fraction of sp³-hybridized carbons (Fsp3) is 0.929. The smallest absolute Gasteiger partial charge is 0.309 e. The lowest BCUT2D eigenvalue weighted by Gasteiger charge is -2.40. The van der Waals surface area contributed by atoms with E-state index in [-0.39, 0.29) is 17.4 Å². The predicted octanol–water partition coefficient (Wildman–Crippen LogP) is 2.70. The van der Waals surface area contributed by atoms with E-state index in [1.807, 2.05) is 0 Å². The summed E-state index contributed by atoms with van der Waals surface area (Å²) in [5.41, 5.74) is 0.215. The molecule has 1 saturated heterocycles. The third kappa shape index (κ3) is 4.66. The average Bonchev–Trinajstić information content (AvgIpc) is 2.25. The SMILES string of the molecule is CC(C)COC(=O)C1CCN(C(C)(C)C)CC1. The molecule has 0 aromatic heterocycles. The molecule has 3 heteroatoms. The number of hydrogen-bond donors (Lipinski definition) is 0. The summed E-state index contributed by atoms with van der Waals surface area (Å²) in [5, 5.41) is 0. The molecule has 0 aliphatic carbocycles. The second-order valence-electron chi connectivity index (χ2n) is 6.46. The van der Waals surface area contributed by atoms with Crippen molar-refractivity contribution < 1.29 is 9.53 Å². The Morgan fingerprint density at radius 3 is 2.24 bits per heavy atom. The minimum Gasteiger partial charge on any atom is -0.465 e. The summed E-state index contributed by atoms with van der Waals surface area (Å²) in [6.45, 7) is 13.4. The average molecular weight is 241 g/mol. The zero-order valence-electron chi connectivity index (χ0n) is 12.0. The molecule has 0 unspecified atom stereocenters. The van der Waals surface area contributed by atoms with Gasteiger partial charge in [0, 0.05) is 5.54 Å². The Bertz CT molecular complexity index is 247. The van der Waals surface area contributed by atoms with Crippen molar-refractivity contribution in [2.75, 3.05) is 19.7 Å². The lowest BCUT2D eigenvalue weighted by molar-refractivity contribution is -0.151. The quantitative estimate of drug-likeness (QED) is 0.712. The number of ether oxygens (including phenoxy) is 1. The minimum atomic E-state index is 0.00672. The van der Waals surface area contributed by atoms with E-state index < -0.39 is 0 Å². The van der Waals surface area contributed by atoms with Crippen molar-refractivity contribution in [2.45, 2.75) is 53.0 Å². The molecular weight excluding hydrogens is 214 g/mol. The molecule has 0 spiro atoms. The van der Waals surface area contributed by atoms with Crippen LogP contribution in [0.1, 0.15) is 47.5 Å². The molecule has 0 N–H and O–H groups in total. The van der Waals surface area contributed by atoms with Gasteiger partial charge in [-0.3, -0.25) is 9.69 Å². The molecule has 0 bridgehead atoms. The second-order valence-corrected chi connectivity index (χ2v) is 6.46. The zero-order chi connectivity index (χ0) is 13.1. The molecule has 0 aromatic rings. The van der Waals surface area contributed by atoms with Crippen LogP contribution in [0.5, 0.6) is 0 Å². The van der Waals surface area contributed by atoms with Crippen LogP contribution in [0.25, 0.3) is 0 Å². The van der Waals surface area contributed by atoms with Gasteiger partial charge in [0.2, 0.25) is 0 Å². The predicted molar refractivity (Wildman–Crippen MR) is 69.8 cm³/mol. The molecule has 3 nitrogen and oxygen atoms in total. The van der Waals surface area contributed by atoms with Crippen LogP contribution in [-0.2, 0) is 9.53 Å². The highest BCUT2D eigenvalue weighted by molar-refractivity contribution is 5.72. The van der Waals surface area contributed by atoms with Gasteiger partial charge in [-0.25, -0.2) is 0 Å². The van der Waals surface area contributed by atoms with Gasteiger partial charge in [-0.15, -0.1) is 0 Å². The highest BCUT2D eigenvalue weighted by atomic mass is 16.5. The number of carbonyl (C=O) groups is 1. The Morgan fingerprint density at radius 1 is 1.29 bits per heavy atom. The van der Waals surface area contributed by atoms with Crippen LogP contribution in [0, 0.1) is 11.8 Å². The lowest BCUT2D eigenvalue weighted by Crippen LogP contribution is -2.47. The summed E-state index contributed by atoms with van der Waals surface area (Å²) >= 11 is 0. The van der Waals surface area contributed by atoms with Crippen molar-refractivity contribution in [2.24, 2.45) is 11.8 Å². The van der Waals surface area contributed by atoms with Gasteiger partial charge in [-0.1, -0.05) is 13.8 Å². The van der Waals surface area contributed by atoms with E-state index in [0.29, 0.717) is 12.5 Å². The van der Waals surface area contributed by atoms with E-state index in [1.165, 1.54) is 0 Å². The van der Waals surface area contributed by atoms with Crippen molar-refractivity contribution in [3.63, 3.8) is 0 Å². The van der Waals surface area contributed by atoms with E-state index >= 15 is 0 Å². The Kier molecular flexibility index (Phi) is 4.99. The molecule has 0 amide bonds. The van der Waals surface area contributed by atoms with Crippen LogP contribution in [-0.4, -0.2) is 36.1 Å². The van der Waals surface area contributed by atoms with Crippen molar-refractivity contribution in [3.8, 4) is 0 Å². The maximum atomic E-state index is 11.8. The van der Waals surface area contributed by atoms with E-state index in [2.05, 4.69) is 39.5 Å². The fourth-order valence-corrected chi connectivity index (χ4v) is 2.15. The van der Waals surface area contributed by atoms with Crippen molar-refractivity contribution in [1.82, 2.24) is 4.90 Å². The maximum absolute atomic E-state index is 11.8. The van der Waals surface area contributed by atoms with Gasteiger partial charge in [0.25, 0.3) is 0 Å². The molecule has 1 heterocycles.